The molecule has 0 fully saturated rings. The highest BCUT2D eigenvalue weighted by molar-refractivity contribution is 6.34. The Morgan fingerprint density at radius 1 is 0.905 bits per heavy atom. The number of hydrogen-bond donors (Lipinski definition) is 2. The van der Waals surface area contributed by atoms with Crippen LogP contribution in [0.1, 0.15) is 43.0 Å². The summed E-state index contributed by atoms with van der Waals surface area (Å²) in [4.78, 5) is 22.1. The Hall–Kier alpha value is -2.33. The van der Waals surface area contributed by atoms with Gasteiger partial charge in [0, 0.05) is 0 Å². The van der Waals surface area contributed by atoms with Crippen LogP contribution in [0.5, 0.6) is 0 Å². The van der Waals surface area contributed by atoms with Crippen molar-refractivity contribution >= 4 is 23.5 Å². The molecular formula is C16H11ClO4. The smallest absolute Gasteiger partial charge is 0.337 e. The van der Waals surface area contributed by atoms with Crippen LogP contribution in [0, 0.1) is 0 Å². The molecule has 0 heterocycles. The van der Waals surface area contributed by atoms with Gasteiger partial charge < -0.3 is 10.2 Å². The maximum absolute atomic E-state index is 11.1. The summed E-state index contributed by atoms with van der Waals surface area (Å²) in [5, 5.41) is 18.4. The monoisotopic (exact) mass is 302 g/mol. The number of benzene rings is 2. The van der Waals surface area contributed by atoms with Crippen LogP contribution in [-0.2, 0) is 12.8 Å². The van der Waals surface area contributed by atoms with Crippen molar-refractivity contribution in [3.8, 4) is 0 Å². The highest BCUT2D eigenvalue weighted by Gasteiger charge is 2.22. The lowest BCUT2D eigenvalue weighted by molar-refractivity contribution is 0.0686. The van der Waals surface area contributed by atoms with Gasteiger partial charge in [-0.1, -0.05) is 23.7 Å². The van der Waals surface area contributed by atoms with Crippen LogP contribution >= 0.6 is 11.6 Å². The Kier molecular flexibility index (Phi) is 3.18. The van der Waals surface area contributed by atoms with Gasteiger partial charge in [-0.15, -0.1) is 0 Å². The van der Waals surface area contributed by atoms with Crippen LogP contribution in [0.25, 0.3) is 0 Å². The molecule has 0 unspecified atom stereocenters. The SMILES string of the molecule is O=C(O)c1ccc2c(c1)Cc1ccc(C(=O)O)c(Cl)c1C2. The van der Waals surface area contributed by atoms with Crippen LogP contribution < -0.4 is 0 Å². The van der Waals surface area contributed by atoms with Gasteiger partial charge in [0.25, 0.3) is 0 Å². The molecule has 5 heteroatoms. The topological polar surface area (TPSA) is 74.6 Å². The number of fused-ring (bicyclic) bond motifs is 2. The minimum absolute atomic E-state index is 0.0982. The molecule has 0 saturated carbocycles. The van der Waals surface area contributed by atoms with E-state index in [4.69, 9.17) is 21.8 Å². The third kappa shape index (κ3) is 2.28. The summed E-state index contributed by atoms with van der Waals surface area (Å²) in [5.74, 6) is -2.00. The molecule has 1 aliphatic carbocycles. The van der Waals surface area contributed by atoms with E-state index in [0.717, 1.165) is 22.3 Å². The molecule has 0 radical (unpaired) electrons. The molecule has 0 amide bonds. The van der Waals surface area contributed by atoms with E-state index < -0.39 is 11.9 Å². The van der Waals surface area contributed by atoms with E-state index in [1.54, 1.807) is 24.3 Å². The molecule has 2 aromatic rings. The van der Waals surface area contributed by atoms with E-state index in [-0.39, 0.29) is 16.1 Å². The van der Waals surface area contributed by atoms with E-state index in [1.165, 1.54) is 6.07 Å². The average molecular weight is 303 g/mol. The van der Waals surface area contributed by atoms with Gasteiger partial charge in [0.05, 0.1) is 16.1 Å². The van der Waals surface area contributed by atoms with Gasteiger partial charge in [0.1, 0.15) is 0 Å². The lowest BCUT2D eigenvalue weighted by atomic mass is 9.84. The van der Waals surface area contributed by atoms with Gasteiger partial charge >= 0.3 is 11.9 Å². The predicted molar refractivity (Wildman–Crippen MR) is 77.4 cm³/mol. The molecule has 0 aliphatic heterocycles. The lowest BCUT2D eigenvalue weighted by Crippen LogP contribution is -2.12. The third-order valence-corrected chi connectivity index (χ3v) is 4.20. The second-order valence-corrected chi connectivity index (χ2v) is 5.39. The molecule has 0 atom stereocenters. The molecule has 0 spiro atoms. The highest BCUT2D eigenvalue weighted by Crippen LogP contribution is 2.34. The van der Waals surface area contributed by atoms with Gasteiger partial charge in [0.15, 0.2) is 0 Å². The first-order chi connectivity index (χ1) is 9.97. The Morgan fingerprint density at radius 3 is 2.29 bits per heavy atom. The zero-order valence-electron chi connectivity index (χ0n) is 10.9. The quantitative estimate of drug-likeness (QED) is 0.762. The Labute approximate surface area is 125 Å². The predicted octanol–water partition coefficient (Wildman–Crippen LogP) is 3.23. The van der Waals surface area contributed by atoms with E-state index in [2.05, 4.69) is 0 Å². The van der Waals surface area contributed by atoms with Crippen molar-refractivity contribution in [1.82, 2.24) is 0 Å². The van der Waals surface area contributed by atoms with Crippen molar-refractivity contribution in [1.29, 1.82) is 0 Å². The molecular weight excluding hydrogens is 292 g/mol. The highest BCUT2D eigenvalue weighted by atomic mass is 35.5. The third-order valence-electron chi connectivity index (χ3n) is 3.77. The number of aromatic carboxylic acids is 2. The minimum atomic E-state index is -1.05. The van der Waals surface area contributed by atoms with Crippen LogP contribution in [0.15, 0.2) is 30.3 Å². The Morgan fingerprint density at radius 2 is 1.62 bits per heavy atom. The zero-order chi connectivity index (χ0) is 15.1. The largest absolute Gasteiger partial charge is 0.478 e. The van der Waals surface area contributed by atoms with E-state index in [0.29, 0.717) is 12.8 Å². The Balaban J connectivity index is 2.08. The summed E-state index contributed by atoms with van der Waals surface area (Å²) in [6.45, 7) is 0. The summed E-state index contributed by atoms with van der Waals surface area (Å²) in [5.41, 5.74) is 4.04. The summed E-state index contributed by atoms with van der Waals surface area (Å²) in [7, 11) is 0. The molecule has 21 heavy (non-hydrogen) atoms. The van der Waals surface area contributed by atoms with Crippen molar-refractivity contribution in [3.05, 3.63) is 68.7 Å². The molecule has 0 bridgehead atoms. The summed E-state index contributed by atoms with van der Waals surface area (Å²) >= 11 is 6.19. The summed E-state index contributed by atoms with van der Waals surface area (Å²) in [6.07, 6.45) is 1.08. The molecule has 4 nitrogen and oxygen atoms in total. The maximum Gasteiger partial charge on any atom is 0.337 e. The number of carbonyl (C=O) groups is 2. The average Bonchev–Trinajstić information content (AvgIpc) is 2.45. The van der Waals surface area contributed by atoms with E-state index in [9.17, 15) is 9.59 Å². The molecule has 106 valence electrons. The second-order valence-electron chi connectivity index (χ2n) is 5.01. The molecule has 3 rings (SSSR count). The first-order valence-electron chi connectivity index (χ1n) is 6.36. The number of carboxylic acid groups (broad SMARTS) is 2. The van der Waals surface area contributed by atoms with Crippen molar-refractivity contribution in [2.24, 2.45) is 0 Å². The van der Waals surface area contributed by atoms with E-state index >= 15 is 0 Å². The first-order valence-corrected chi connectivity index (χ1v) is 6.74. The minimum Gasteiger partial charge on any atom is -0.478 e. The number of carboxylic acids is 2. The fourth-order valence-electron chi connectivity index (χ4n) is 2.67. The molecule has 2 aromatic carbocycles. The van der Waals surface area contributed by atoms with Crippen molar-refractivity contribution in [3.63, 3.8) is 0 Å². The second kappa shape index (κ2) is 4.90. The first kappa shape index (κ1) is 13.6. The lowest BCUT2D eigenvalue weighted by Gasteiger charge is -2.21. The van der Waals surface area contributed by atoms with Gasteiger partial charge in [-0.05, 0) is 53.3 Å². The van der Waals surface area contributed by atoms with E-state index in [1.807, 2.05) is 0 Å². The summed E-state index contributed by atoms with van der Waals surface area (Å²) < 4.78 is 0. The molecule has 1 aliphatic rings. The van der Waals surface area contributed by atoms with Crippen LogP contribution in [0.2, 0.25) is 5.02 Å². The number of halogens is 1. The maximum atomic E-state index is 11.1. The molecule has 2 N–H and O–H groups in total. The Bertz CT molecular complexity index is 780. The van der Waals surface area contributed by atoms with Crippen LogP contribution in [-0.4, -0.2) is 22.2 Å². The molecule has 0 saturated heterocycles. The number of rotatable bonds is 2. The summed E-state index contributed by atoms with van der Waals surface area (Å²) in [6, 6.07) is 8.24. The molecule has 0 aromatic heterocycles. The van der Waals surface area contributed by atoms with Gasteiger partial charge in [0.2, 0.25) is 0 Å². The standard InChI is InChI=1S/C16H11ClO4/c17-14-12(16(20)21)4-3-9-5-11-6-10(15(18)19)2-1-8(11)7-13(9)14/h1-4,6H,5,7H2,(H,18,19)(H,20,21). The van der Waals surface area contributed by atoms with Gasteiger partial charge in [-0.3, -0.25) is 0 Å². The number of hydrogen-bond acceptors (Lipinski definition) is 2. The fourth-order valence-corrected chi connectivity index (χ4v) is 3.01. The zero-order valence-corrected chi connectivity index (χ0v) is 11.6. The van der Waals surface area contributed by atoms with Crippen molar-refractivity contribution in [2.45, 2.75) is 12.8 Å². The van der Waals surface area contributed by atoms with Crippen molar-refractivity contribution < 1.29 is 19.8 Å². The van der Waals surface area contributed by atoms with Crippen LogP contribution in [0.3, 0.4) is 0 Å². The normalized spacial score (nSPS) is 12.4. The fraction of sp³-hybridized carbons (Fsp3) is 0.125. The van der Waals surface area contributed by atoms with Gasteiger partial charge in [-0.2, -0.15) is 0 Å². The van der Waals surface area contributed by atoms with Crippen LogP contribution in [0.4, 0.5) is 0 Å². The van der Waals surface area contributed by atoms with Crippen molar-refractivity contribution in [2.75, 3.05) is 0 Å². The van der Waals surface area contributed by atoms with Gasteiger partial charge in [-0.25, -0.2) is 9.59 Å².